The number of halogens is 5. The third kappa shape index (κ3) is 7.43. The van der Waals surface area contributed by atoms with Gasteiger partial charge in [0.25, 0.3) is 12.0 Å². The van der Waals surface area contributed by atoms with Gasteiger partial charge in [0.2, 0.25) is 0 Å². The summed E-state index contributed by atoms with van der Waals surface area (Å²) in [5.74, 6) is -1.12. The van der Waals surface area contributed by atoms with E-state index in [2.05, 4.69) is 35.4 Å². The van der Waals surface area contributed by atoms with Gasteiger partial charge >= 0.3 is 19.2 Å². The minimum atomic E-state index is -2.99. The van der Waals surface area contributed by atoms with E-state index in [1.807, 2.05) is 9.80 Å². The number of oxazole rings is 2. The summed E-state index contributed by atoms with van der Waals surface area (Å²) in [5, 5.41) is 8.97. The molecule has 232 valence electrons. The maximum absolute atomic E-state index is 12.5. The Morgan fingerprint density at radius 3 is 1.74 bits per heavy atom. The molecule has 15 heteroatoms. The first-order valence-corrected chi connectivity index (χ1v) is 14.6. The van der Waals surface area contributed by atoms with Crippen LogP contribution < -0.4 is 19.3 Å². The number of aliphatic carboxylic acids is 1. The van der Waals surface area contributed by atoms with Gasteiger partial charge in [-0.25, -0.2) is 0 Å². The third-order valence-corrected chi connectivity index (χ3v) is 7.68. The van der Waals surface area contributed by atoms with Crippen LogP contribution in [-0.4, -0.2) is 60.4 Å². The number of rotatable bonds is 8. The zero-order chi connectivity index (χ0) is 30.5. The monoisotopic (exact) mass is 672 g/mol. The fourth-order valence-corrected chi connectivity index (χ4v) is 5.49. The fraction of sp³-hybridized carbons (Fsp3) is 0.464. The Balaban J connectivity index is 0.000000173. The van der Waals surface area contributed by atoms with Gasteiger partial charge in [-0.3, -0.25) is 4.79 Å². The Bertz CT molecular complexity index is 1550. The molecule has 2 aliphatic heterocycles. The molecule has 0 atom stereocenters. The number of carboxylic acid groups (broad SMARTS) is 1. The number of hydrogen-bond donors (Lipinski definition) is 1. The molecule has 10 nitrogen and oxygen atoms in total. The molecule has 0 radical (unpaired) electrons. The Labute approximate surface area is 251 Å². The van der Waals surface area contributed by atoms with Crippen molar-refractivity contribution in [2.45, 2.75) is 58.2 Å². The lowest BCUT2D eigenvalue weighted by molar-refractivity contribution is -0.136. The van der Waals surface area contributed by atoms with Gasteiger partial charge in [-0.1, -0.05) is 6.07 Å². The van der Waals surface area contributed by atoms with Crippen LogP contribution in [0.4, 0.5) is 29.6 Å². The van der Waals surface area contributed by atoms with Crippen LogP contribution in [0.25, 0.3) is 22.2 Å². The third-order valence-electron chi connectivity index (χ3n) is 7.05. The minimum absolute atomic E-state index is 0.0326. The number of hydrogen-bond acceptors (Lipinski definition) is 9. The highest BCUT2D eigenvalue weighted by Gasteiger charge is 2.23. The molecule has 4 aromatic rings. The quantitative estimate of drug-likeness (QED) is 0.192. The van der Waals surface area contributed by atoms with Gasteiger partial charge < -0.3 is 33.2 Å². The molecule has 2 aliphatic rings. The number of benzene rings is 2. The van der Waals surface area contributed by atoms with Crippen LogP contribution in [0, 0.1) is 0 Å². The Morgan fingerprint density at radius 2 is 1.26 bits per heavy atom. The topological polar surface area (TPSA) is 114 Å². The molecule has 0 aliphatic carbocycles. The van der Waals surface area contributed by atoms with Crippen LogP contribution in [0.1, 0.15) is 44.1 Å². The average molecular weight is 673 g/mol. The second kappa shape index (κ2) is 13.7. The molecule has 0 amide bonds. The number of piperidine rings is 2. The molecule has 0 spiro atoms. The summed E-state index contributed by atoms with van der Waals surface area (Å²) in [6, 6.07) is 6.57. The van der Waals surface area contributed by atoms with Gasteiger partial charge in [-0.2, -0.15) is 27.5 Å². The van der Waals surface area contributed by atoms with Crippen molar-refractivity contribution in [2.24, 2.45) is 0 Å². The van der Waals surface area contributed by atoms with E-state index < -0.39 is 19.2 Å². The van der Waals surface area contributed by atoms with Gasteiger partial charge in [-0.05, 0) is 72.7 Å². The molecule has 4 heterocycles. The zero-order valence-electron chi connectivity index (χ0n) is 22.9. The SMILES string of the molecule is FC(F)Oc1ccc(Br)c2oc(N3CCCCC3)nc12.O=C(O)Cc1ccc(OC(F)F)c2nc(N3CCCCC3)oc12. The molecule has 2 aromatic carbocycles. The van der Waals surface area contributed by atoms with Crippen molar-refractivity contribution >= 4 is 56.1 Å². The largest absolute Gasteiger partial charge is 0.481 e. The molecule has 0 bridgehead atoms. The van der Waals surface area contributed by atoms with Crippen LogP contribution in [0.15, 0.2) is 37.6 Å². The fourth-order valence-electron chi connectivity index (χ4n) is 5.09. The van der Waals surface area contributed by atoms with Gasteiger partial charge in [0.15, 0.2) is 33.7 Å². The maximum Gasteiger partial charge on any atom is 0.387 e. The molecular formula is C28H29BrF4N4O6. The van der Waals surface area contributed by atoms with E-state index in [1.54, 1.807) is 6.07 Å². The summed E-state index contributed by atoms with van der Waals surface area (Å²) >= 11 is 3.34. The van der Waals surface area contributed by atoms with Crippen LogP contribution in [0.2, 0.25) is 0 Å². The number of carboxylic acids is 1. The van der Waals surface area contributed by atoms with E-state index in [-0.39, 0.29) is 29.0 Å². The van der Waals surface area contributed by atoms with Crippen molar-refractivity contribution < 1.29 is 45.8 Å². The van der Waals surface area contributed by atoms with Crippen molar-refractivity contribution in [3.05, 3.63) is 34.3 Å². The maximum atomic E-state index is 12.5. The minimum Gasteiger partial charge on any atom is -0.481 e. The lowest BCUT2D eigenvalue weighted by atomic mass is 10.1. The van der Waals surface area contributed by atoms with E-state index in [1.165, 1.54) is 24.6 Å². The van der Waals surface area contributed by atoms with Crippen LogP contribution in [0.5, 0.6) is 11.5 Å². The van der Waals surface area contributed by atoms with Gasteiger partial charge in [0.05, 0.1) is 10.9 Å². The Hall–Kier alpha value is -3.75. The van der Waals surface area contributed by atoms with Crippen molar-refractivity contribution in [2.75, 3.05) is 36.0 Å². The second-order valence-electron chi connectivity index (χ2n) is 10.0. The normalized spacial score (nSPS) is 15.7. The predicted octanol–water partition coefficient (Wildman–Crippen LogP) is 7.23. The van der Waals surface area contributed by atoms with Crippen molar-refractivity contribution in [1.29, 1.82) is 0 Å². The summed E-state index contributed by atoms with van der Waals surface area (Å²) in [6.45, 7) is -2.59. The first kappa shape index (κ1) is 30.7. The highest BCUT2D eigenvalue weighted by Crippen LogP contribution is 2.36. The van der Waals surface area contributed by atoms with Gasteiger partial charge in [-0.15, -0.1) is 0 Å². The van der Waals surface area contributed by atoms with Crippen molar-refractivity contribution in [3.8, 4) is 11.5 Å². The molecule has 2 fully saturated rings. The summed E-state index contributed by atoms with van der Waals surface area (Å²) < 4.78 is 70.9. The van der Waals surface area contributed by atoms with E-state index in [9.17, 15) is 22.4 Å². The lowest BCUT2D eigenvalue weighted by Gasteiger charge is -2.24. The highest BCUT2D eigenvalue weighted by molar-refractivity contribution is 9.10. The summed E-state index contributed by atoms with van der Waals surface area (Å²) in [4.78, 5) is 23.5. The number of fused-ring (bicyclic) bond motifs is 2. The number of carbonyl (C=O) groups is 1. The molecular weight excluding hydrogens is 644 g/mol. The Kier molecular flexibility index (Phi) is 9.78. The number of ether oxygens (including phenoxy) is 2. The number of aromatic nitrogens is 2. The van der Waals surface area contributed by atoms with Crippen molar-refractivity contribution in [1.82, 2.24) is 9.97 Å². The van der Waals surface area contributed by atoms with Crippen LogP contribution >= 0.6 is 15.9 Å². The second-order valence-corrected chi connectivity index (χ2v) is 10.9. The summed E-state index contributed by atoms with van der Waals surface area (Å²) in [5.41, 5.74) is 1.45. The molecule has 0 unspecified atom stereocenters. The highest BCUT2D eigenvalue weighted by atomic mass is 79.9. The number of nitrogens with zero attached hydrogens (tertiary/aromatic N) is 4. The van der Waals surface area contributed by atoms with Gasteiger partial charge in [0, 0.05) is 31.7 Å². The van der Waals surface area contributed by atoms with E-state index in [0.717, 1.165) is 58.3 Å². The lowest BCUT2D eigenvalue weighted by Crippen LogP contribution is -2.29. The smallest absolute Gasteiger partial charge is 0.387 e. The molecule has 43 heavy (non-hydrogen) atoms. The molecule has 6 rings (SSSR count). The molecule has 2 aromatic heterocycles. The summed E-state index contributed by atoms with van der Waals surface area (Å²) in [6.07, 6.45) is 6.21. The molecule has 0 saturated carbocycles. The van der Waals surface area contributed by atoms with E-state index in [0.29, 0.717) is 33.2 Å². The van der Waals surface area contributed by atoms with Gasteiger partial charge in [0.1, 0.15) is 0 Å². The number of alkyl halides is 4. The molecule has 2 saturated heterocycles. The van der Waals surface area contributed by atoms with Crippen LogP contribution in [-0.2, 0) is 11.2 Å². The van der Waals surface area contributed by atoms with Crippen LogP contribution in [0.3, 0.4) is 0 Å². The number of anilines is 2. The standard InChI is InChI=1S/C15H16F2N2O4.C13H13BrF2N2O2/c16-14(17)22-10-5-4-9(8-11(20)21)13-12(10)18-15(23-13)19-6-2-1-3-7-19;14-8-4-5-9(19-12(15)16)10-11(8)20-13(17-10)18-6-2-1-3-7-18/h4-5,14H,1-3,6-8H2,(H,20,21);4-5,12H,1-3,6-7H2. The first-order chi connectivity index (χ1) is 20.7. The molecule has 1 N–H and O–H groups in total. The predicted molar refractivity (Wildman–Crippen MR) is 152 cm³/mol. The zero-order valence-corrected chi connectivity index (χ0v) is 24.5. The van der Waals surface area contributed by atoms with Crippen molar-refractivity contribution in [3.63, 3.8) is 0 Å². The van der Waals surface area contributed by atoms with E-state index >= 15 is 0 Å². The first-order valence-electron chi connectivity index (χ1n) is 13.8. The van der Waals surface area contributed by atoms with E-state index in [4.69, 9.17) is 13.9 Å². The average Bonchev–Trinajstić information content (AvgIpc) is 3.64. The Morgan fingerprint density at radius 1 is 0.791 bits per heavy atom. The summed E-state index contributed by atoms with van der Waals surface area (Å²) in [7, 11) is 0.